The number of anilines is 1. The second-order valence-electron chi connectivity index (χ2n) is 7.83. The average Bonchev–Trinajstić information content (AvgIpc) is 3.34. The Morgan fingerprint density at radius 2 is 1.91 bits per heavy atom. The van der Waals surface area contributed by atoms with Gasteiger partial charge in [-0.3, -0.25) is 9.59 Å². The smallest absolute Gasteiger partial charge is 0.272 e. The molecule has 1 saturated heterocycles. The van der Waals surface area contributed by atoms with Gasteiger partial charge in [-0.05, 0) is 42.0 Å². The monoisotopic (exact) mass is 431 g/mol. The number of aromatic amines is 1. The molecule has 7 nitrogen and oxygen atoms in total. The highest BCUT2D eigenvalue weighted by atomic mass is 19.1. The molecular weight excluding hydrogens is 409 g/mol. The van der Waals surface area contributed by atoms with Crippen molar-refractivity contribution in [2.75, 3.05) is 31.1 Å². The third-order valence-corrected chi connectivity index (χ3v) is 5.85. The fourth-order valence-corrected chi connectivity index (χ4v) is 4.15. The molecule has 0 aliphatic carbocycles. The van der Waals surface area contributed by atoms with Crippen molar-refractivity contribution in [1.29, 1.82) is 0 Å². The van der Waals surface area contributed by atoms with Crippen molar-refractivity contribution >= 4 is 17.2 Å². The van der Waals surface area contributed by atoms with E-state index in [0.29, 0.717) is 38.1 Å². The first-order chi connectivity index (χ1) is 15.6. The molecule has 3 aromatic heterocycles. The van der Waals surface area contributed by atoms with Gasteiger partial charge in [0.25, 0.3) is 11.5 Å². The van der Waals surface area contributed by atoms with Gasteiger partial charge in [-0.15, -0.1) is 0 Å². The molecular formula is C24H22FN5O2. The lowest BCUT2D eigenvalue weighted by Crippen LogP contribution is -2.49. The van der Waals surface area contributed by atoms with Crippen LogP contribution in [0.15, 0.2) is 71.9 Å². The van der Waals surface area contributed by atoms with Crippen LogP contribution in [0.3, 0.4) is 0 Å². The number of halogens is 1. The van der Waals surface area contributed by atoms with Crippen LogP contribution in [-0.4, -0.2) is 51.4 Å². The molecule has 4 heterocycles. The van der Waals surface area contributed by atoms with Crippen LogP contribution in [0.2, 0.25) is 0 Å². The lowest BCUT2D eigenvalue weighted by atomic mass is 10.0. The number of nitrogens with zero attached hydrogens (tertiary/aromatic N) is 4. The summed E-state index contributed by atoms with van der Waals surface area (Å²) in [5.74, 6) is 0.0427. The highest BCUT2D eigenvalue weighted by Crippen LogP contribution is 2.19. The van der Waals surface area contributed by atoms with Crippen LogP contribution in [-0.2, 0) is 6.42 Å². The summed E-state index contributed by atoms with van der Waals surface area (Å²) in [5.41, 5.74) is 2.09. The molecule has 1 aliphatic heterocycles. The first-order valence-corrected chi connectivity index (χ1v) is 10.5. The quantitative estimate of drug-likeness (QED) is 0.539. The number of hydrogen-bond donors (Lipinski definition) is 1. The number of hydrogen-bond acceptors (Lipinski definition) is 4. The molecule has 0 radical (unpaired) electrons. The average molecular weight is 431 g/mol. The zero-order valence-corrected chi connectivity index (χ0v) is 17.4. The van der Waals surface area contributed by atoms with Crippen LogP contribution < -0.4 is 10.5 Å². The van der Waals surface area contributed by atoms with Crippen LogP contribution in [0, 0.1) is 5.82 Å². The van der Waals surface area contributed by atoms with E-state index in [-0.39, 0.29) is 17.0 Å². The summed E-state index contributed by atoms with van der Waals surface area (Å²) in [6.07, 6.45) is 5.67. The number of rotatable bonds is 4. The predicted molar refractivity (Wildman–Crippen MR) is 120 cm³/mol. The summed E-state index contributed by atoms with van der Waals surface area (Å²) >= 11 is 0. The normalized spacial score (nSPS) is 14.2. The van der Waals surface area contributed by atoms with Gasteiger partial charge in [0.2, 0.25) is 0 Å². The van der Waals surface area contributed by atoms with Crippen molar-refractivity contribution in [3.63, 3.8) is 0 Å². The van der Waals surface area contributed by atoms with Crippen molar-refractivity contribution < 1.29 is 9.18 Å². The molecule has 0 saturated carbocycles. The minimum atomic E-state index is -0.529. The Hall–Kier alpha value is -3.94. The number of nitrogens with one attached hydrogen (secondary N) is 1. The van der Waals surface area contributed by atoms with Crippen LogP contribution in [0.25, 0.3) is 5.52 Å². The Morgan fingerprint density at radius 1 is 1.06 bits per heavy atom. The maximum atomic E-state index is 14.6. The Balaban J connectivity index is 1.34. The van der Waals surface area contributed by atoms with Gasteiger partial charge >= 0.3 is 0 Å². The zero-order chi connectivity index (χ0) is 22.1. The molecule has 4 aromatic rings. The molecule has 0 bridgehead atoms. The van der Waals surface area contributed by atoms with E-state index < -0.39 is 5.82 Å². The van der Waals surface area contributed by atoms with Crippen LogP contribution in [0.4, 0.5) is 10.2 Å². The molecule has 5 rings (SSSR count). The lowest BCUT2D eigenvalue weighted by Gasteiger charge is -2.35. The van der Waals surface area contributed by atoms with Gasteiger partial charge in [-0.25, -0.2) is 9.37 Å². The number of H-pyrrole nitrogens is 1. The standard InChI is InChI=1S/C24H22FN5O2/c25-20-7-6-17(14-18-16-27-23(31)21-4-3-9-30(18)21)15-19(20)24(32)29-12-10-28(11-13-29)22-5-1-2-8-26-22/h1-9,15-16H,10-14H2,(H,27,31). The largest absolute Gasteiger partial charge is 0.353 e. The molecule has 32 heavy (non-hydrogen) atoms. The molecule has 0 atom stereocenters. The van der Waals surface area contributed by atoms with Gasteiger partial charge in [0.15, 0.2) is 0 Å². The molecule has 1 amide bonds. The minimum absolute atomic E-state index is 0.0713. The highest BCUT2D eigenvalue weighted by Gasteiger charge is 2.25. The van der Waals surface area contributed by atoms with Gasteiger partial charge in [0, 0.05) is 56.9 Å². The third kappa shape index (κ3) is 3.75. The molecule has 1 aliphatic rings. The van der Waals surface area contributed by atoms with Crippen molar-refractivity contribution in [1.82, 2.24) is 19.3 Å². The van der Waals surface area contributed by atoms with Gasteiger partial charge < -0.3 is 19.2 Å². The molecule has 1 aromatic carbocycles. The molecule has 1 fully saturated rings. The van der Waals surface area contributed by atoms with E-state index in [0.717, 1.165) is 17.1 Å². The summed E-state index contributed by atoms with van der Waals surface area (Å²) in [4.78, 5) is 35.9. The van der Waals surface area contributed by atoms with Gasteiger partial charge in [-0.2, -0.15) is 0 Å². The number of aromatic nitrogens is 3. The highest BCUT2D eigenvalue weighted by molar-refractivity contribution is 5.95. The van der Waals surface area contributed by atoms with E-state index in [2.05, 4.69) is 14.9 Å². The Bertz CT molecular complexity index is 1320. The summed E-state index contributed by atoms with van der Waals surface area (Å²) in [5, 5.41) is 0. The second-order valence-corrected chi connectivity index (χ2v) is 7.83. The molecule has 162 valence electrons. The van der Waals surface area contributed by atoms with E-state index in [1.807, 2.05) is 24.4 Å². The molecule has 0 unspecified atom stereocenters. The third-order valence-electron chi connectivity index (χ3n) is 5.85. The first kappa shape index (κ1) is 20.0. The number of pyridine rings is 1. The number of fused-ring (bicyclic) bond motifs is 1. The van der Waals surface area contributed by atoms with Crippen LogP contribution in [0.1, 0.15) is 21.6 Å². The Kier molecular flexibility index (Phi) is 5.18. The van der Waals surface area contributed by atoms with E-state index in [1.54, 1.807) is 46.0 Å². The van der Waals surface area contributed by atoms with E-state index in [1.165, 1.54) is 6.07 Å². The van der Waals surface area contributed by atoms with Gasteiger partial charge in [0.1, 0.15) is 17.2 Å². The summed E-state index contributed by atoms with van der Waals surface area (Å²) in [6, 6.07) is 13.9. The Morgan fingerprint density at radius 3 is 2.69 bits per heavy atom. The van der Waals surface area contributed by atoms with Crippen molar-refractivity contribution in [2.45, 2.75) is 6.42 Å². The number of carbonyl (C=O) groups excluding carboxylic acids is 1. The molecule has 1 N–H and O–H groups in total. The topological polar surface area (TPSA) is 73.7 Å². The fraction of sp³-hybridized carbons (Fsp3) is 0.208. The van der Waals surface area contributed by atoms with Crippen molar-refractivity contribution in [2.24, 2.45) is 0 Å². The maximum absolute atomic E-state index is 14.6. The number of amides is 1. The van der Waals surface area contributed by atoms with Gasteiger partial charge in [0.05, 0.1) is 5.56 Å². The second kappa shape index (κ2) is 8.30. The van der Waals surface area contributed by atoms with E-state index in [4.69, 9.17) is 0 Å². The van der Waals surface area contributed by atoms with Gasteiger partial charge in [-0.1, -0.05) is 12.1 Å². The fourth-order valence-electron chi connectivity index (χ4n) is 4.15. The predicted octanol–water partition coefficient (Wildman–Crippen LogP) is 2.71. The zero-order valence-electron chi connectivity index (χ0n) is 17.4. The van der Waals surface area contributed by atoms with Crippen LogP contribution >= 0.6 is 0 Å². The van der Waals surface area contributed by atoms with E-state index >= 15 is 0 Å². The summed E-state index contributed by atoms with van der Waals surface area (Å²) in [7, 11) is 0. The maximum Gasteiger partial charge on any atom is 0.272 e. The summed E-state index contributed by atoms with van der Waals surface area (Å²) in [6.45, 7) is 2.30. The summed E-state index contributed by atoms with van der Waals surface area (Å²) < 4.78 is 16.4. The van der Waals surface area contributed by atoms with Crippen molar-refractivity contribution in [3.8, 4) is 0 Å². The SMILES string of the molecule is O=C(c1cc(Cc2c[nH]c(=O)c3cccn23)ccc1F)N1CCN(c2ccccn2)CC1. The first-order valence-electron chi connectivity index (χ1n) is 10.5. The number of benzene rings is 1. The lowest BCUT2D eigenvalue weighted by molar-refractivity contribution is 0.0741. The molecule has 8 heteroatoms. The van der Waals surface area contributed by atoms with Crippen molar-refractivity contribution in [3.05, 3.63) is 100 Å². The number of piperazine rings is 1. The van der Waals surface area contributed by atoms with Crippen LogP contribution in [0.5, 0.6) is 0 Å². The molecule has 0 spiro atoms. The Labute approximate surface area is 183 Å². The minimum Gasteiger partial charge on any atom is -0.353 e. The van der Waals surface area contributed by atoms with E-state index in [9.17, 15) is 14.0 Å². The number of carbonyl (C=O) groups is 1.